The summed E-state index contributed by atoms with van der Waals surface area (Å²) in [5.74, 6) is -0.257. The van der Waals surface area contributed by atoms with Gasteiger partial charge in [0.25, 0.3) is 0 Å². The summed E-state index contributed by atoms with van der Waals surface area (Å²) in [5, 5.41) is 7.78. The van der Waals surface area contributed by atoms with E-state index >= 15 is 0 Å². The molecule has 0 radical (unpaired) electrons. The number of halogens is 3. The van der Waals surface area contributed by atoms with E-state index in [1.54, 1.807) is 18.3 Å². The largest absolute Gasteiger partial charge is 0.573 e. The first-order valence-corrected chi connectivity index (χ1v) is 11.4. The number of thiocarbonyl (C=S) groups is 1. The summed E-state index contributed by atoms with van der Waals surface area (Å²) in [6.07, 6.45) is 0.719. The van der Waals surface area contributed by atoms with Crippen molar-refractivity contribution in [2.24, 2.45) is 5.10 Å². The minimum absolute atomic E-state index is 0.257. The van der Waals surface area contributed by atoms with Gasteiger partial charge in [-0.2, -0.15) is 5.10 Å². The van der Waals surface area contributed by atoms with E-state index < -0.39 is 6.36 Å². The molecule has 4 rings (SSSR count). The molecule has 4 aromatic rings. The molecule has 0 atom stereocenters. The van der Waals surface area contributed by atoms with Crippen LogP contribution in [0.2, 0.25) is 0 Å². The molecule has 1 aromatic heterocycles. The zero-order chi connectivity index (χ0) is 25.7. The molecule has 0 bridgehead atoms. The first-order chi connectivity index (χ1) is 17.2. The molecule has 0 amide bonds. The highest BCUT2D eigenvalue weighted by Crippen LogP contribution is 2.26. The molecule has 0 unspecified atom stereocenters. The summed E-state index contributed by atoms with van der Waals surface area (Å²) >= 11 is 5.33. The number of rotatable bonds is 6. The molecule has 36 heavy (non-hydrogen) atoms. The normalized spacial score (nSPS) is 11.5. The monoisotopic (exact) mass is 508 g/mol. The molecule has 0 saturated carbocycles. The fourth-order valence-corrected chi connectivity index (χ4v) is 3.78. The van der Waals surface area contributed by atoms with Crippen LogP contribution >= 0.6 is 12.2 Å². The molecular weight excluding hydrogens is 485 g/mol. The summed E-state index contributed by atoms with van der Waals surface area (Å²) < 4.78 is 42.8. The minimum atomic E-state index is -4.71. The molecule has 0 spiro atoms. The molecule has 0 aliphatic heterocycles. The maximum Gasteiger partial charge on any atom is 0.573 e. The van der Waals surface area contributed by atoms with Crippen molar-refractivity contribution in [3.8, 4) is 22.6 Å². The molecule has 0 fully saturated rings. The van der Waals surface area contributed by atoms with Crippen LogP contribution in [-0.2, 0) is 0 Å². The highest BCUT2D eigenvalue weighted by Gasteiger charge is 2.30. The maximum absolute atomic E-state index is 12.3. The minimum Gasteiger partial charge on any atom is -0.406 e. The lowest BCUT2D eigenvalue weighted by Gasteiger charge is -2.12. The predicted octanol–water partition coefficient (Wildman–Crippen LogP) is 6.98. The Morgan fingerprint density at radius 2 is 1.58 bits per heavy atom. The molecule has 3 aromatic carbocycles. The lowest BCUT2D eigenvalue weighted by molar-refractivity contribution is -0.274. The Kier molecular flexibility index (Phi) is 7.40. The van der Waals surface area contributed by atoms with Crippen LogP contribution in [0.5, 0.6) is 5.75 Å². The Labute approximate surface area is 212 Å². The lowest BCUT2D eigenvalue weighted by atomic mass is 10.1. The van der Waals surface area contributed by atoms with Crippen LogP contribution in [0.4, 0.5) is 18.9 Å². The van der Waals surface area contributed by atoms with Gasteiger partial charge in [-0.05, 0) is 84.2 Å². The van der Waals surface area contributed by atoms with Crippen LogP contribution in [0.15, 0.2) is 90.3 Å². The van der Waals surface area contributed by atoms with Crippen LogP contribution in [0.1, 0.15) is 16.7 Å². The fourth-order valence-electron chi connectivity index (χ4n) is 3.63. The van der Waals surface area contributed by atoms with E-state index in [0.29, 0.717) is 5.11 Å². The van der Waals surface area contributed by atoms with Crippen molar-refractivity contribution in [2.45, 2.75) is 20.2 Å². The van der Waals surface area contributed by atoms with Gasteiger partial charge in [0.15, 0.2) is 5.11 Å². The first kappa shape index (κ1) is 25.0. The second-order valence-corrected chi connectivity index (χ2v) is 8.47. The summed E-state index contributed by atoms with van der Waals surface area (Å²) in [6, 6.07) is 21.5. The van der Waals surface area contributed by atoms with E-state index in [1.807, 2.05) is 79.3 Å². The third-order valence-corrected chi connectivity index (χ3v) is 5.60. The summed E-state index contributed by atoms with van der Waals surface area (Å²) in [4.78, 5) is 0. The van der Waals surface area contributed by atoms with Crippen LogP contribution in [0.25, 0.3) is 16.8 Å². The number of anilines is 1. The summed E-state index contributed by atoms with van der Waals surface area (Å²) in [7, 11) is 0. The van der Waals surface area contributed by atoms with Crippen LogP contribution in [-0.4, -0.2) is 22.3 Å². The topological polar surface area (TPSA) is 50.6 Å². The van der Waals surface area contributed by atoms with E-state index in [-0.39, 0.29) is 5.75 Å². The predicted molar refractivity (Wildman–Crippen MR) is 141 cm³/mol. The molecule has 1 heterocycles. The van der Waals surface area contributed by atoms with Gasteiger partial charge >= 0.3 is 6.36 Å². The number of para-hydroxylation sites is 1. The van der Waals surface area contributed by atoms with Crippen LogP contribution in [0.3, 0.4) is 0 Å². The Morgan fingerprint density at radius 1 is 0.917 bits per heavy atom. The molecular formula is C27H23F3N4OS. The van der Waals surface area contributed by atoms with Crippen molar-refractivity contribution in [1.29, 1.82) is 0 Å². The molecule has 0 aliphatic carbocycles. The Hall–Kier alpha value is -4.11. The number of hydrazone groups is 1. The summed E-state index contributed by atoms with van der Waals surface area (Å²) in [6.45, 7) is 4.03. The van der Waals surface area contributed by atoms with Gasteiger partial charge in [-0.25, -0.2) is 0 Å². The third kappa shape index (κ3) is 6.51. The molecule has 2 N–H and O–H groups in total. The lowest BCUT2D eigenvalue weighted by Crippen LogP contribution is -2.24. The van der Waals surface area contributed by atoms with Gasteiger partial charge in [0.05, 0.1) is 6.21 Å². The first-order valence-electron chi connectivity index (χ1n) is 11.0. The number of alkyl halides is 3. The Morgan fingerprint density at radius 3 is 2.22 bits per heavy atom. The van der Waals surface area contributed by atoms with Crippen LogP contribution in [0, 0.1) is 13.8 Å². The second kappa shape index (κ2) is 10.7. The average molecular weight is 509 g/mol. The number of nitrogens with zero attached hydrogens (tertiary/aromatic N) is 2. The van der Waals surface area contributed by atoms with E-state index in [0.717, 1.165) is 39.2 Å². The molecule has 0 aliphatic rings. The van der Waals surface area contributed by atoms with Gasteiger partial charge in [0, 0.05) is 23.8 Å². The number of nitrogens with one attached hydrogen (secondary N) is 2. The molecule has 0 saturated heterocycles. The van der Waals surface area contributed by atoms with Crippen molar-refractivity contribution in [1.82, 2.24) is 9.99 Å². The Bertz CT molecular complexity index is 1360. The van der Waals surface area contributed by atoms with Crippen molar-refractivity contribution in [3.05, 3.63) is 102 Å². The van der Waals surface area contributed by atoms with Gasteiger partial charge in [-0.3, -0.25) is 5.43 Å². The highest BCUT2D eigenvalue weighted by atomic mass is 32.1. The van der Waals surface area contributed by atoms with Crippen molar-refractivity contribution >= 4 is 29.2 Å². The Balaban J connectivity index is 1.36. The maximum atomic E-state index is 12.3. The van der Waals surface area contributed by atoms with Crippen molar-refractivity contribution in [3.63, 3.8) is 0 Å². The van der Waals surface area contributed by atoms with E-state index in [1.165, 1.54) is 12.1 Å². The van der Waals surface area contributed by atoms with Gasteiger partial charge in [0.2, 0.25) is 0 Å². The zero-order valence-electron chi connectivity index (χ0n) is 19.5. The van der Waals surface area contributed by atoms with E-state index in [4.69, 9.17) is 12.2 Å². The number of hydrogen-bond donors (Lipinski definition) is 2. The number of hydrogen-bond acceptors (Lipinski definition) is 3. The summed E-state index contributed by atoms with van der Waals surface area (Å²) in [5.41, 5.74) is 9.55. The zero-order valence-corrected chi connectivity index (χ0v) is 20.3. The quantitative estimate of drug-likeness (QED) is 0.168. The van der Waals surface area contributed by atoms with Gasteiger partial charge in [-0.15, -0.1) is 13.2 Å². The number of ether oxygens (including phenoxy) is 1. The smallest absolute Gasteiger partial charge is 0.406 e. The number of benzene rings is 3. The van der Waals surface area contributed by atoms with Gasteiger partial charge in [0.1, 0.15) is 5.75 Å². The SMILES string of the molecule is Cc1cccc(C)c1NC(=S)N/N=C/c1ccc(-c2ccn(-c3ccc(OC(F)(F)F)cc3)c2)cc1. The molecule has 5 nitrogen and oxygen atoms in total. The number of aryl methyl sites for hydroxylation is 2. The van der Waals surface area contributed by atoms with Gasteiger partial charge in [-0.1, -0.05) is 42.5 Å². The van der Waals surface area contributed by atoms with Crippen molar-refractivity contribution in [2.75, 3.05) is 5.32 Å². The van der Waals surface area contributed by atoms with Crippen molar-refractivity contribution < 1.29 is 17.9 Å². The fraction of sp³-hybridized carbons (Fsp3) is 0.111. The highest BCUT2D eigenvalue weighted by molar-refractivity contribution is 7.80. The second-order valence-electron chi connectivity index (χ2n) is 8.06. The standard InChI is InChI=1S/C27H23F3N4OS/c1-18-4-3-5-19(2)25(18)32-26(36)33-31-16-20-6-8-21(9-7-20)22-14-15-34(17-22)23-10-12-24(13-11-23)35-27(28,29)30/h3-17H,1-2H3,(H2,32,33,36)/b31-16+. The number of aromatic nitrogens is 1. The molecule has 9 heteroatoms. The molecule has 184 valence electrons. The van der Waals surface area contributed by atoms with Crippen LogP contribution < -0.4 is 15.5 Å². The van der Waals surface area contributed by atoms with Gasteiger partial charge < -0.3 is 14.6 Å². The van der Waals surface area contributed by atoms with E-state index in [2.05, 4.69) is 20.6 Å². The van der Waals surface area contributed by atoms with E-state index in [9.17, 15) is 13.2 Å². The third-order valence-electron chi connectivity index (χ3n) is 5.40. The average Bonchev–Trinajstić information content (AvgIpc) is 3.32.